The molecule has 282 valence electrons. The lowest BCUT2D eigenvalue weighted by molar-refractivity contribution is 0.660. The van der Waals surface area contributed by atoms with E-state index >= 15 is 0 Å². The maximum absolute atomic E-state index is 6.33. The van der Waals surface area contributed by atoms with Gasteiger partial charge in [0.05, 0.1) is 16.8 Å². The Labute approximate surface area is 349 Å². The lowest BCUT2D eigenvalue weighted by Gasteiger charge is -2.32. The smallest absolute Gasteiger partial charge is 0.136 e. The van der Waals surface area contributed by atoms with E-state index in [1.54, 1.807) is 0 Å². The fourth-order valence-electron chi connectivity index (χ4n) is 11.4. The van der Waals surface area contributed by atoms with Gasteiger partial charge in [-0.05, 0) is 103 Å². The Hall–Kier alpha value is -7.42. The van der Waals surface area contributed by atoms with Crippen molar-refractivity contribution in [3.63, 3.8) is 0 Å². The van der Waals surface area contributed by atoms with Crippen LogP contribution in [0.1, 0.15) is 47.2 Å². The van der Waals surface area contributed by atoms with E-state index in [1.165, 1.54) is 83.7 Å². The lowest BCUT2D eigenvalue weighted by atomic mass is 9.70. The van der Waals surface area contributed by atoms with Crippen molar-refractivity contribution in [1.82, 2.24) is 0 Å². The molecule has 0 amide bonds. The summed E-state index contributed by atoms with van der Waals surface area (Å²) < 4.78 is 6.33. The molecule has 1 spiro atoms. The van der Waals surface area contributed by atoms with Crippen LogP contribution in [0.2, 0.25) is 0 Å². The highest BCUT2D eigenvalue weighted by Crippen LogP contribution is 2.65. The molecule has 13 rings (SSSR count). The number of rotatable bonds is 4. The third-order valence-corrected chi connectivity index (χ3v) is 13.9. The summed E-state index contributed by atoms with van der Waals surface area (Å²) >= 11 is 0. The Morgan fingerprint density at radius 3 is 1.52 bits per heavy atom. The molecule has 9 aromatic carbocycles. The number of para-hydroxylation sites is 1. The fourth-order valence-corrected chi connectivity index (χ4v) is 11.4. The summed E-state index contributed by atoms with van der Waals surface area (Å²) in [6.45, 7) is 4.74. The summed E-state index contributed by atoms with van der Waals surface area (Å²) in [5.41, 5.74) is 22.9. The fraction of sp³-hybridized carbons (Fsp3) is 0.0690. The predicted octanol–water partition coefficient (Wildman–Crippen LogP) is 15.4. The molecule has 3 aliphatic carbocycles. The monoisotopic (exact) mass is 765 g/mol. The van der Waals surface area contributed by atoms with Gasteiger partial charge in [0.25, 0.3) is 0 Å². The molecule has 0 saturated heterocycles. The van der Waals surface area contributed by atoms with Crippen LogP contribution in [0.3, 0.4) is 0 Å². The van der Waals surface area contributed by atoms with Crippen LogP contribution in [0.15, 0.2) is 205 Å². The van der Waals surface area contributed by atoms with Gasteiger partial charge in [-0.2, -0.15) is 0 Å². The highest BCUT2D eigenvalue weighted by Gasteiger charge is 2.52. The van der Waals surface area contributed by atoms with Crippen molar-refractivity contribution in [2.75, 3.05) is 4.90 Å². The number of fused-ring (bicyclic) bond motifs is 16. The Morgan fingerprint density at radius 1 is 0.367 bits per heavy atom. The molecular formula is C58H39NO. The van der Waals surface area contributed by atoms with Gasteiger partial charge in [0.2, 0.25) is 0 Å². The minimum Gasteiger partial charge on any atom is -0.456 e. The Balaban J connectivity index is 1.09. The minimum atomic E-state index is -0.441. The third kappa shape index (κ3) is 4.22. The second kappa shape index (κ2) is 12.1. The Bertz CT molecular complexity index is 3370. The highest BCUT2D eigenvalue weighted by molar-refractivity contribution is 6.12. The molecule has 0 fully saturated rings. The van der Waals surface area contributed by atoms with Crippen LogP contribution >= 0.6 is 0 Å². The molecule has 2 nitrogen and oxygen atoms in total. The Kier molecular flexibility index (Phi) is 6.74. The first-order valence-corrected chi connectivity index (χ1v) is 21.0. The topological polar surface area (TPSA) is 16.4 Å². The van der Waals surface area contributed by atoms with Crippen molar-refractivity contribution in [2.24, 2.45) is 0 Å². The van der Waals surface area contributed by atoms with E-state index in [9.17, 15) is 0 Å². The van der Waals surface area contributed by atoms with Gasteiger partial charge < -0.3 is 9.32 Å². The average Bonchev–Trinajstić information content (AvgIpc) is 4.00. The van der Waals surface area contributed by atoms with Gasteiger partial charge >= 0.3 is 0 Å². The van der Waals surface area contributed by atoms with E-state index in [-0.39, 0.29) is 5.41 Å². The first kappa shape index (κ1) is 33.5. The summed E-state index contributed by atoms with van der Waals surface area (Å²) in [5, 5.41) is 2.29. The minimum absolute atomic E-state index is 0.143. The summed E-state index contributed by atoms with van der Waals surface area (Å²) in [7, 11) is 0. The van der Waals surface area contributed by atoms with Crippen LogP contribution in [0.25, 0.3) is 66.4 Å². The number of benzene rings is 9. The van der Waals surface area contributed by atoms with Gasteiger partial charge in [0, 0.05) is 33.0 Å². The van der Waals surface area contributed by atoms with E-state index < -0.39 is 5.41 Å². The summed E-state index contributed by atoms with van der Waals surface area (Å²) in [6, 6.07) is 74.2. The van der Waals surface area contributed by atoms with Gasteiger partial charge in [0.1, 0.15) is 11.2 Å². The van der Waals surface area contributed by atoms with Crippen molar-refractivity contribution >= 4 is 39.0 Å². The number of anilines is 3. The van der Waals surface area contributed by atoms with Crippen LogP contribution < -0.4 is 4.90 Å². The molecule has 0 radical (unpaired) electrons. The molecule has 0 saturated carbocycles. The van der Waals surface area contributed by atoms with Crippen LogP contribution in [0, 0.1) is 0 Å². The van der Waals surface area contributed by atoms with Gasteiger partial charge in [-0.15, -0.1) is 0 Å². The van der Waals surface area contributed by atoms with Crippen LogP contribution in [-0.4, -0.2) is 0 Å². The molecule has 0 N–H and O–H groups in total. The summed E-state index contributed by atoms with van der Waals surface area (Å²) in [6.07, 6.45) is 0. The molecule has 1 heterocycles. The average molecular weight is 766 g/mol. The normalized spacial score (nSPS) is 14.4. The van der Waals surface area contributed by atoms with E-state index in [1.807, 2.05) is 6.07 Å². The van der Waals surface area contributed by atoms with Crippen molar-refractivity contribution in [3.05, 3.63) is 234 Å². The first-order valence-electron chi connectivity index (χ1n) is 21.0. The maximum Gasteiger partial charge on any atom is 0.136 e. The number of hydrogen-bond acceptors (Lipinski definition) is 2. The molecular weight excluding hydrogens is 727 g/mol. The van der Waals surface area contributed by atoms with Crippen molar-refractivity contribution in [2.45, 2.75) is 24.7 Å². The molecule has 10 aromatic rings. The van der Waals surface area contributed by atoms with Crippen LogP contribution in [0.5, 0.6) is 0 Å². The van der Waals surface area contributed by atoms with Gasteiger partial charge in [-0.25, -0.2) is 0 Å². The predicted molar refractivity (Wildman–Crippen MR) is 248 cm³/mol. The zero-order valence-corrected chi connectivity index (χ0v) is 33.4. The first-order chi connectivity index (χ1) is 29.5. The molecule has 0 unspecified atom stereocenters. The highest BCUT2D eigenvalue weighted by atomic mass is 16.3. The van der Waals surface area contributed by atoms with Crippen molar-refractivity contribution in [1.29, 1.82) is 0 Å². The molecule has 60 heavy (non-hydrogen) atoms. The SMILES string of the molecule is CC1(C)c2ccccc2-c2c(N(c3ccc(-c4cccc5oc6ccccc6c45)cc3)c3cccc4c3-c3ccccc3C43c4ccccc4-c4ccccc43)cccc21. The molecule has 1 aromatic heterocycles. The summed E-state index contributed by atoms with van der Waals surface area (Å²) in [4.78, 5) is 2.55. The maximum atomic E-state index is 6.33. The zero-order valence-electron chi connectivity index (χ0n) is 33.4. The summed E-state index contributed by atoms with van der Waals surface area (Å²) in [5.74, 6) is 0. The quantitative estimate of drug-likeness (QED) is 0.177. The molecule has 0 aliphatic heterocycles. The molecule has 3 aliphatic rings. The number of nitrogens with zero attached hydrogens (tertiary/aromatic N) is 1. The van der Waals surface area contributed by atoms with E-state index in [0.717, 1.165) is 33.2 Å². The van der Waals surface area contributed by atoms with E-state index in [0.29, 0.717) is 0 Å². The van der Waals surface area contributed by atoms with Gasteiger partial charge in [0.15, 0.2) is 0 Å². The third-order valence-electron chi connectivity index (χ3n) is 13.9. The molecule has 2 heteroatoms. The standard InChI is InChI=1S/C58H39NO/c1-57(2)44-22-8-5-18-41(44)55-48(57)26-14-28-50(55)59(37-34-32-36(33-35-37)38-21-13-31-53-54(38)43-20-7-12-30-52(43)60-53)51-29-15-27-49-56(51)42-19-6-11-25-47(42)58(49)45-23-9-3-16-39(45)40-17-4-10-24-46(40)58/h3-35H,1-2H3. The lowest BCUT2D eigenvalue weighted by Crippen LogP contribution is -2.26. The number of hydrogen-bond donors (Lipinski definition) is 0. The van der Waals surface area contributed by atoms with Crippen molar-refractivity contribution < 1.29 is 4.42 Å². The molecule has 0 atom stereocenters. The van der Waals surface area contributed by atoms with Crippen LogP contribution in [-0.2, 0) is 10.8 Å². The van der Waals surface area contributed by atoms with Gasteiger partial charge in [-0.1, -0.05) is 178 Å². The van der Waals surface area contributed by atoms with Gasteiger partial charge in [-0.3, -0.25) is 0 Å². The second-order valence-corrected chi connectivity index (χ2v) is 17.1. The second-order valence-electron chi connectivity index (χ2n) is 17.1. The van der Waals surface area contributed by atoms with Crippen LogP contribution in [0.4, 0.5) is 17.1 Å². The largest absolute Gasteiger partial charge is 0.456 e. The van der Waals surface area contributed by atoms with E-state index in [2.05, 4.69) is 213 Å². The number of furan rings is 1. The zero-order chi connectivity index (χ0) is 39.7. The van der Waals surface area contributed by atoms with E-state index in [4.69, 9.17) is 4.42 Å². The molecule has 0 bridgehead atoms. The van der Waals surface area contributed by atoms with Crippen molar-refractivity contribution in [3.8, 4) is 44.5 Å². The Morgan fingerprint density at radius 2 is 0.833 bits per heavy atom.